The van der Waals surface area contributed by atoms with Gasteiger partial charge in [-0.15, -0.1) is 0 Å². The molecule has 21 heavy (non-hydrogen) atoms. The summed E-state index contributed by atoms with van der Waals surface area (Å²) in [4.78, 5) is 10.2. The van der Waals surface area contributed by atoms with Crippen molar-refractivity contribution in [1.29, 1.82) is 0 Å². The minimum absolute atomic E-state index is 0.0170. The molecule has 0 aliphatic heterocycles. The Morgan fingerprint density at radius 2 is 1.62 bits per heavy atom. The maximum absolute atomic E-state index is 10.2. The van der Waals surface area contributed by atoms with Gasteiger partial charge >= 0.3 is 5.97 Å². The van der Waals surface area contributed by atoms with Gasteiger partial charge in [-0.25, -0.2) is 0 Å². The van der Waals surface area contributed by atoms with E-state index >= 15 is 0 Å². The van der Waals surface area contributed by atoms with Crippen LogP contribution < -0.4 is 0 Å². The lowest BCUT2D eigenvalue weighted by Crippen LogP contribution is -2.24. The molecule has 0 spiro atoms. The highest BCUT2D eigenvalue weighted by Gasteiger charge is 2.07. The van der Waals surface area contributed by atoms with Crippen molar-refractivity contribution >= 4 is 5.97 Å². The van der Waals surface area contributed by atoms with E-state index in [2.05, 4.69) is 4.74 Å². The number of aliphatic hydroxyl groups excluding tert-OH is 3. The van der Waals surface area contributed by atoms with Gasteiger partial charge in [0.2, 0.25) is 0 Å². The van der Waals surface area contributed by atoms with Crippen LogP contribution in [0.15, 0.2) is 0 Å². The Bertz CT molecular complexity index is 233. The van der Waals surface area contributed by atoms with E-state index < -0.39 is 6.10 Å². The number of carbonyl (C=O) groups is 1. The molecule has 0 radical (unpaired) electrons. The highest BCUT2D eigenvalue weighted by atomic mass is 16.5. The van der Waals surface area contributed by atoms with Gasteiger partial charge in [-0.05, 0) is 27.2 Å². The Hall–Kier alpha value is -0.730. The van der Waals surface area contributed by atoms with E-state index in [0.717, 1.165) is 0 Å². The third kappa shape index (κ3) is 19.3. The van der Waals surface area contributed by atoms with Crippen molar-refractivity contribution in [1.82, 2.24) is 0 Å². The largest absolute Gasteiger partial charge is 0.469 e. The molecule has 0 fully saturated rings. The van der Waals surface area contributed by atoms with Crippen LogP contribution in [0.2, 0.25) is 0 Å². The van der Waals surface area contributed by atoms with Gasteiger partial charge in [0.15, 0.2) is 0 Å². The van der Waals surface area contributed by atoms with Crippen LogP contribution in [0, 0.1) is 0 Å². The molecule has 0 heterocycles. The molecule has 7 heteroatoms. The van der Waals surface area contributed by atoms with Crippen LogP contribution in [0.1, 0.15) is 33.6 Å². The molecule has 128 valence electrons. The second kappa shape index (κ2) is 15.7. The van der Waals surface area contributed by atoms with Crippen LogP contribution in [-0.2, 0) is 19.0 Å². The molecule has 0 aromatic rings. The Kier molecular flexibility index (Phi) is 16.8. The average Bonchev–Trinajstić information content (AvgIpc) is 2.48. The Labute approximate surface area is 126 Å². The zero-order valence-corrected chi connectivity index (χ0v) is 13.4. The van der Waals surface area contributed by atoms with Crippen molar-refractivity contribution in [2.45, 2.75) is 51.9 Å². The second-order valence-corrected chi connectivity index (χ2v) is 4.72. The van der Waals surface area contributed by atoms with Crippen molar-refractivity contribution in [3.8, 4) is 0 Å². The Morgan fingerprint density at radius 1 is 1.05 bits per heavy atom. The first-order valence-electron chi connectivity index (χ1n) is 7.07. The maximum atomic E-state index is 10.2. The molecule has 3 unspecified atom stereocenters. The Balaban J connectivity index is 0. The summed E-state index contributed by atoms with van der Waals surface area (Å²) in [6.07, 6.45) is 0.151. The van der Waals surface area contributed by atoms with Crippen LogP contribution >= 0.6 is 0 Å². The van der Waals surface area contributed by atoms with Gasteiger partial charge in [0.1, 0.15) is 0 Å². The van der Waals surface area contributed by atoms with E-state index in [9.17, 15) is 4.79 Å². The minimum Gasteiger partial charge on any atom is -0.469 e. The van der Waals surface area contributed by atoms with Crippen molar-refractivity contribution in [2.24, 2.45) is 0 Å². The first kappa shape index (κ1) is 22.5. The first-order chi connectivity index (χ1) is 9.87. The van der Waals surface area contributed by atoms with Gasteiger partial charge in [-0.3, -0.25) is 4.79 Å². The van der Waals surface area contributed by atoms with E-state index in [1.54, 1.807) is 13.8 Å². The highest BCUT2D eigenvalue weighted by Crippen LogP contribution is 1.97. The molecule has 7 nitrogen and oxygen atoms in total. The number of methoxy groups -OCH3 is 1. The van der Waals surface area contributed by atoms with E-state index in [1.807, 2.05) is 6.92 Å². The van der Waals surface area contributed by atoms with Crippen LogP contribution in [0.25, 0.3) is 0 Å². The number of aliphatic hydroxyl groups is 3. The molecule has 0 amide bonds. The molecule has 0 aromatic carbocycles. The van der Waals surface area contributed by atoms with E-state index in [4.69, 9.17) is 24.8 Å². The lowest BCUT2D eigenvalue weighted by atomic mass is 10.3. The number of hydrogen-bond donors (Lipinski definition) is 3. The summed E-state index contributed by atoms with van der Waals surface area (Å²) < 4.78 is 14.8. The van der Waals surface area contributed by atoms with Gasteiger partial charge < -0.3 is 29.5 Å². The van der Waals surface area contributed by atoms with Crippen molar-refractivity contribution in [3.63, 3.8) is 0 Å². The van der Waals surface area contributed by atoms with Gasteiger partial charge in [0, 0.05) is 13.0 Å². The monoisotopic (exact) mass is 310 g/mol. The molecular formula is C14H30O7. The fourth-order valence-corrected chi connectivity index (χ4v) is 1.03. The molecule has 0 rings (SSSR count). The second-order valence-electron chi connectivity index (χ2n) is 4.72. The SMILES string of the molecule is CC(O)COC(C)COC(C)CO.COC(=O)CCCO. The van der Waals surface area contributed by atoms with Crippen LogP contribution in [0.3, 0.4) is 0 Å². The Morgan fingerprint density at radius 3 is 2.05 bits per heavy atom. The number of carbonyl (C=O) groups excluding carboxylic acids is 1. The molecule has 3 atom stereocenters. The molecule has 0 aromatic heterocycles. The summed E-state index contributed by atoms with van der Waals surface area (Å²) in [6, 6.07) is 0. The minimum atomic E-state index is -0.447. The van der Waals surface area contributed by atoms with E-state index in [1.165, 1.54) is 7.11 Å². The molecule has 0 saturated carbocycles. The molecule has 0 aliphatic carbocycles. The topological polar surface area (TPSA) is 105 Å². The van der Waals surface area contributed by atoms with Crippen molar-refractivity contribution in [2.75, 3.05) is 33.5 Å². The summed E-state index contributed by atoms with van der Waals surface area (Å²) in [5.74, 6) is -0.265. The van der Waals surface area contributed by atoms with E-state index in [0.29, 0.717) is 26.1 Å². The number of ether oxygens (including phenoxy) is 3. The standard InChI is InChI=1S/C9H20O4.C5H10O3/c1-7(11)5-12-9(3)6-13-8(2)4-10;1-8-5(7)3-2-4-6/h7-11H,4-6H2,1-3H3;6H,2-4H2,1H3. The quantitative estimate of drug-likeness (QED) is 0.491. The van der Waals surface area contributed by atoms with Gasteiger partial charge in [-0.1, -0.05) is 0 Å². The summed E-state index contributed by atoms with van der Waals surface area (Å²) in [6.45, 7) is 6.16. The summed E-state index contributed by atoms with van der Waals surface area (Å²) in [5, 5.41) is 25.8. The van der Waals surface area contributed by atoms with Crippen LogP contribution in [0.5, 0.6) is 0 Å². The normalized spacial score (nSPS) is 14.6. The van der Waals surface area contributed by atoms with Gasteiger partial charge in [0.25, 0.3) is 0 Å². The summed E-state index contributed by atoms with van der Waals surface area (Å²) in [7, 11) is 1.33. The van der Waals surface area contributed by atoms with Crippen molar-refractivity contribution < 1.29 is 34.3 Å². The summed E-state index contributed by atoms with van der Waals surface area (Å²) >= 11 is 0. The smallest absolute Gasteiger partial charge is 0.305 e. The molecule has 0 bridgehead atoms. The number of rotatable bonds is 10. The highest BCUT2D eigenvalue weighted by molar-refractivity contribution is 5.68. The molecular weight excluding hydrogens is 280 g/mol. The zero-order valence-electron chi connectivity index (χ0n) is 13.4. The van der Waals surface area contributed by atoms with Crippen molar-refractivity contribution in [3.05, 3.63) is 0 Å². The third-order valence-electron chi connectivity index (χ3n) is 2.26. The molecule has 3 N–H and O–H groups in total. The van der Waals surface area contributed by atoms with Gasteiger partial charge in [0.05, 0.1) is 45.2 Å². The number of hydrogen-bond acceptors (Lipinski definition) is 7. The lowest BCUT2D eigenvalue weighted by Gasteiger charge is -2.16. The third-order valence-corrected chi connectivity index (χ3v) is 2.26. The number of esters is 1. The fraction of sp³-hybridized carbons (Fsp3) is 0.929. The maximum Gasteiger partial charge on any atom is 0.305 e. The lowest BCUT2D eigenvalue weighted by molar-refractivity contribution is -0.140. The van der Waals surface area contributed by atoms with Gasteiger partial charge in [-0.2, -0.15) is 0 Å². The first-order valence-corrected chi connectivity index (χ1v) is 7.07. The molecule has 0 saturated heterocycles. The van der Waals surface area contributed by atoms with E-state index in [-0.39, 0.29) is 31.4 Å². The zero-order chi connectivity index (χ0) is 16.7. The molecule has 0 aliphatic rings. The van der Waals surface area contributed by atoms with Crippen LogP contribution in [0.4, 0.5) is 0 Å². The van der Waals surface area contributed by atoms with Crippen LogP contribution in [-0.4, -0.2) is 73.1 Å². The summed E-state index contributed by atoms with van der Waals surface area (Å²) in [5.41, 5.74) is 0. The predicted molar refractivity (Wildman–Crippen MR) is 77.9 cm³/mol. The predicted octanol–water partition coefficient (Wildman–Crippen LogP) is 0.102. The average molecular weight is 310 g/mol. The fourth-order valence-electron chi connectivity index (χ4n) is 1.03.